The summed E-state index contributed by atoms with van der Waals surface area (Å²) in [5.41, 5.74) is 2.60. The summed E-state index contributed by atoms with van der Waals surface area (Å²) in [6, 6.07) is 5.71. The van der Waals surface area contributed by atoms with Gasteiger partial charge in [-0.1, -0.05) is 13.8 Å². The Morgan fingerprint density at radius 3 is 2.86 bits per heavy atom. The normalized spacial score (nSPS) is 16.7. The van der Waals surface area contributed by atoms with Gasteiger partial charge in [0.05, 0.1) is 30.8 Å². The van der Waals surface area contributed by atoms with Crippen LogP contribution < -0.4 is 0 Å². The van der Waals surface area contributed by atoms with Crippen LogP contribution in [0.1, 0.15) is 35.9 Å². The number of H-pyrrole nitrogens is 1. The summed E-state index contributed by atoms with van der Waals surface area (Å²) in [6.07, 6.45) is 0. The monoisotopic (exact) mass is 287 g/mol. The number of nitrogens with zero attached hydrogens (tertiary/aromatic N) is 2. The maximum absolute atomic E-state index is 12.4. The van der Waals surface area contributed by atoms with Gasteiger partial charge in [-0.2, -0.15) is 0 Å². The van der Waals surface area contributed by atoms with Gasteiger partial charge in [-0.05, 0) is 18.2 Å². The van der Waals surface area contributed by atoms with E-state index in [2.05, 4.69) is 28.7 Å². The van der Waals surface area contributed by atoms with Crippen LogP contribution in [-0.2, 0) is 4.74 Å². The number of nitrogens with one attached hydrogen (secondary N) is 1. The maximum Gasteiger partial charge on any atom is 0.176 e. The number of imidazole rings is 1. The minimum atomic E-state index is 0.152. The molecule has 1 fully saturated rings. The molecule has 0 saturated carbocycles. The van der Waals surface area contributed by atoms with E-state index in [1.807, 2.05) is 18.2 Å². The fraction of sp³-hybridized carbons (Fsp3) is 0.500. The highest BCUT2D eigenvalue weighted by Crippen LogP contribution is 2.18. The number of fused-ring (bicyclic) bond motifs is 1. The van der Waals surface area contributed by atoms with Crippen LogP contribution in [0.5, 0.6) is 0 Å². The van der Waals surface area contributed by atoms with E-state index in [0.29, 0.717) is 25.7 Å². The second-order valence-corrected chi connectivity index (χ2v) is 5.82. The van der Waals surface area contributed by atoms with Crippen LogP contribution in [0.4, 0.5) is 0 Å². The van der Waals surface area contributed by atoms with E-state index in [9.17, 15) is 4.79 Å². The van der Waals surface area contributed by atoms with Gasteiger partial charge >= 0.3 is 0 Å². The molecule has 0 radical (unpaired) electrons. The molecule has 0 bridgehead atoms. The zero-order chi connectivity index (χ0) is 14.8. The summed E-state index contributed by atoms with van der Waals surface area (Å²) in [7, 11) is 0. The fourth-order valence-electron chi connectivity index (χ4n) is 2.53. The molecule has 0 spiro atoms. The number of aromatic amines is 1. The fourth-order valence-corrected chi connectivity index (χ4v) is 2.53. The summed E-state index contributed by atoms with van der Waals surface area (Å²) < 4.78 is 5.30. The second-order valence-electron chi connectivity index (χ2n) is 5.82. The van der Waals surface area contributed by atoms with Crippen molar-refractivity contribution < 1.29 is 9.53 Å². The lowest BCUT2D eigenvalue weighted by atomic mass is 10.1. The van der Waals surface area contributed by atoms with Gasteiger partial charge in [-0.25, -0.2) is 4.98 Å². The maximum atomic E-state index is 12.4. The number of morpholine rings is 1. The van der Waals surface area contributed by atoms with Crippen molar-refractivity contribution in [3.8, 4) is 0 Å². The Balaban J connectivity index is 1.77. The van der Waals surface area contributed by atoms with E-state index < -0.39 is 0 Å². The number of ether oxygens (including phenoxy) is 1. The number of benzene rings is 1. The first-order chi connectivity index (χ1) is 10.1. The van der Waals surface area contributed by atoms with Gasteiger partial charge in [-0.15, -0.1) is 0 Å². The molecule has 21 heavy (non-hydrogen) atoms. The minimum Gasteiger partial charge on any atom is -0.379 e. The first kappa shape index (κ1) is 14.2. The van der Waals surface area contributed by atoms with Crippen molar-refractivity contribution in [3.63, 3.8) is 0 Å². The second kappa shape index (κ2) is 5.95. The molecule has 1 aliphatic heterocycles. The Morgan fingerprint density at radius 2 is 2.14 bits per heavy atom. The summed E-state index contributed by atoms with van der Waals surface area (Å²) >= 11 is 0. The number of ketones is 1. The van der Waals surface area contributed by atoms with Crippen molar-refractivity contribution in [2.45, 2.75) is 19.8 Å². The van der Waals surface area contributed by atoms with Gasteiger partial charge in [-0.3, -0.25) is 9.69 Å². The number of hydrogen-bond acceptors (Lipinski definition) is 4. The first-order valence-electron chi connectivity index (χ1n) is 7.46. The quantitative estimate of drug-likeness (QED) is 0.876. The highest BCUT2D eigenvalue weighted by Gasteiger charge is 2.16. The molecule has 0 atom stereocenters. The third-order valence-corrected chi connectivity index (χ3v) is 3.84. The molecule has 5 heteroatoms. The van der Waals surface area contributed by atoms with Crippen LogP contribution in [-0.4, -0.2) is 53.5 Å². The van der Waals surface area contributed by atoms with Crippen LogP contribution in [0.15, 0.2) is 18.2 Å². The smallest absolute Gasteiger partial charge is 0.176 e. The molecular weight excluding hydrogens is 266 g/mol. The van der Waals surface area contributed by atoms with Crippen LogP contribution in [0.25, 0.3) is 11.0 Å². The lowest BCUT2D eigenvalue weighted by Gasteiger charge is -2.25. The van der Waals surface area contributed by atoms with E-state index in [0.717, 1.165) is 35.5 Å². The van der Waals surface area contributed by atoms with Crippen LogP contribution in [0, 0.1) is 0 Å². The molecule has 1 aliphatic rings. The Kier molecular flexibility index (Phi) is 4.03. The number of hydrogen-bond donors (Lipinski definition) is 1. The van der Waals surface area contributed by atoms with E-state index >= 15 is 0 Å². The first-order valence-corrected chi connectivity index (χ1v) is 7.46. The average molecular weight is 287 g/mol. The third-order valence-electron chi connectivity index (χ3n) is 3.84. The zero-order valence-corrected chi connectivity index (χ0v) is 12.6. The summed E-state index contributed by atoms with van der Waals surface area (Å²) in [6.45, 7) is 7.74. The topological polar surface area (TPSA) is 58.2 Å². The number of carbonyl (C=O) groups excluding carboxylic acids is 1. The molecule has 0 unspecified atom stereocenters. The Bertz CT molecular complexity index is 642. The van der Waals surface area contributed by atoms with Crippen LogP contribution >= 0.6 is 0 Å². The average Bonchev–Trinajstić information content (AvgIpc) is 2.91. The molecule has 0 amide bonds. The van der Waals surface area contributed by atoms with Crippen molar-refractivity contribution in [1.29, 1.82) is 0 Å². The molecule has 1 aromatic heterocycles. The molecule has 3 rings (SSSR count). The summed E-state index contributed by atoms with van der Waals surface area (Å²) in [4.78, 5) is 22.4. The number of aromatic nitrogens is 2. The molecule has 2 heterocycles. The van der Waals surface area contributed by atoms with E-state index in [4.69, 9.17) is 4.74 Å². The van der Waals surface area contributed by atoms with Gasteiger partial charge in [0.2, 0.25) is 0 Å². The SMILES string of the molecule is CC(C)c1nc2ccc(C(=O)CN3CCOCC3)cc2[nH]1. The predicted molar refractivity (Wildman–Crippen MR) is 81.8 cm³/mol. The van der Waals surface area contributed by atoms with Gasteiger partial charge < -0.3 is 9.72 Å². The van der Waals surface area contributed by atoms with Gasteiger partial charge in [0.1, 0.15) is 5.82 Å². The summed E-state index contributed by atoms with van der Waals surface area (Å²) in [5.74, 6) is 1.46. The largest absolute Gasteiger partial charge is 0.379 e. The van der Waals surface area contributed by atoms with Crippen molar-refractivity contribution in [2.24, 2.45) is 0 Å². The number of Topliss-reactive ketones (excluding diaryl/α,β-unsaturated/α-hetero) is 1. The van der Waals surface area contributed by atoms with E-state index in [1.165, 1.54) is 0 Å². The van der Waals surface area contributed by atoms with Crippen LogP contribution in [0.2, 0.25) is 0 Å². The van der Waals surface area contributed by atoms with E-state index in [-0.39, 0.29) is 5.78 Å². The predicted octanol–water partition coefficient (Wildman–Crippen LogP) is 2.20. The Hall–Kier alpha value is -1.72. The molecule has 5 nitrogen and oxygen atoms in total. The van der Waals surface area contributed by atoms with Gasteiger partial charge in [0.15, 0.2) is 5.78 Å². The Labute approximate surface area is 124 Å². The van der Waals surface area contributed by atoms with Crippen LogP contribution in [0.3, 0.4) is 0 Å². The minimum absolute atomic E-state index is 0.152. The van der Waals surface area contributed by atoms with E-state index in [1.54, 1.807) is 0 Å². The molecule has 1 aromatic carbocycles. The molecule has 1 saturated heterocycles. The van der Waals surface area contributed by atoms with Gasteiger partial charge in [0, 0.05) is 24.6 Å². The standard InChI is InChI=1S/C16H21N3O2/c1-11(2)16-17-13-4-3-12(9-14(13)18-16)15(20)10-19-5-7-21-8-6-19/h3-4,9,11H,5-8,10H2,1-2H3,(H,17,18). The Morgan fingerprint density at radius 1 is 1.38 bits per heavy atom. The molecule has 2 aromatic rings. The summed E-state index contributed by atoms with van der Waals surface area (Å²) in [5, 5.41) is 0. The molecule has 112 valence electrons. The molecule has 0 aliphatic carbocycles. The van der Waals surface area contributed by atoms with Gasteiger partial charge in [0.25, 0.3) is 0 Å². The number of carbonyl (C=O) groups is 1. The third kappa shape index (κ3) is 3.14. The molecular formula is C16H21N3O2. The lowest BCUT2D eigenvalue weighted by Crippen LogP contribution is -2.39. The molecule has 1 N–H and O–H groups in total. The van der Waals surface area contributed by atoms with Crippen molar-refractivity contribution in [3.05, 3.63) is 29.6 Å². The lowest BCUT2D eigenvalue weighted by molar-refractivity contribution is 0.0371. The van der Waals surface area contributed by atoms with Crippen molar-refractivity contribution in [1.82, 2.24) is 14.9 Å². The highest BCUT2D eigenvalue weighted by molar-refractivity contribution is 6.00. The number of rotatable bonds is 4. The van der Waals surface area contributed by atoms with Crippen molar-refractivity contribution >= 4 is 16.8 Å². The zero-order valence-electron chi connectivity index (χ0n) is 12.6. The van der Waals surface area contributed by atoms with Crippen molar-refractivity contribution in [2.75, 3.05) is 32.8 Å². The highest BCUT2D eigenvalue weighted by atomic mass is 16.5.